The number of piperidine rings is 1. The summed E-state index contributed by atoms with van der Waals surface area (Å²) in [5.41, 5.74) is -0.349. The average molecular weight is 378 g/mol. The fourth-order valence-corrected chi connectivity index (χ4v) is 4.39. The smallest absolute Gasteiger partial charge is 0.222 e. The lowest BCUT2D eigenvalue weighted by Crippen LogP contribution is -2.61. The summed E-state index contributed by atoms with van der Waals surface area (Å²) in [5, 5.41) is 12.6. The molecule has 4 rings (SSSR count). The number of carbonyl (C=O) groups is 1. The van der Waals surface area contributed by atoms with Crippen molar-refractivity contribution in [3.8, 4) is 0 Å². The van der Waals surface area contributed by atoms with Gasteiger partial charge in [-0.25, -0.2) is 4.68 Å². The highest BCUT2D eigenvalue weighted by Crippen LogP contribution is 2.38. The zero-order valence-electron chi connectivity index (χ0n) is 16.2. The minimum Gasteiger partial charge on any atom is -0.383 e. The van der Waals surface area contributed by atoms with Crippen molar-refractivity contribution in [2.45, 2.75) is 44.2 Å². The van der Waals surface area contributed by atoms with Gasteiger partial charge in [0, 0.05) is 39.7 Å². The molecule has 9 heteroatoms. The van der Waals surface area contributed by atoms with Crippen molar-refractivity contribution in [1.82, 2.24) is 30.0 Å². The first-order valence-electron chi connectivity index (χ1n) is 10.1. The number of hydrogen-bond acceptors (Lipinski definition) is 7. The first-order valence-corrected chi connectivity index (χ1v) is 10.1. The molecule has 3 fully saturated rings. The maximum Gasteiger partial charge on any atom is 0.222 e. The minimum absolute atomic E-state index is 0.283. The summed E-state index contributed by atoms with van der Waals surface area (Å²) in [6.45, 7) is 5.74. The Bertz CT molecular complexity index is 643. The van der Waals surface area contributed by atoms with E-state index in [0.717, 1.165) is 38.3 Å². The van der Waals surface area contributed by atoms with Gasteiger partial charge in [-0.15, -0.1) is 5.10 Å². The van der Waals surface area contributed by atoms with Crippen molar-refractivity contribution in [3.05, 3.63) is 5.82 Å². The molecule has 1 aliphatic carbocycles. The molecule has 0 spiro atoms. The third-order valence-electron chi connectivity index (χ3n) is 6.06. The molecule has 1 amide bonds. The molecule has 1 saturated carbocycles. The normalized spacial score (nSPS) is 27.1. The Morgan fingerprint density at radius 3 is 2.85 bits per heavy atom. The van der Waals surface area contributed by atoms with Gasteiger partial charge in [-0.3, -0.25) is 9.69 Å². The Morgan fingerprint density at radius 1 is 1.30 bits per heavy atom. The van der Waals surface area contributed by atoms with Crippen molar-refractivity contribution in [2.24, 2.45) is 5.92 Å². The largest absolute Gasteiger partial charge is 0.383 e. The molecule has 0 radical (unpaired) electrons. The van der Waals surface area contributed by atoms with Crippen LogP contribution in [0.15, 0.2) is 0 Å². The highest BCUT2D eigenvalue weighted by Gasteiger charge is 2.47. The van der Waals surface area contributed by atoms with Crippen LogP contribution in [-0.4, -0.2) is 89.0 Å². The van der Waals surface area contributed by atoms with E-state index in [1.807, 2.05) is 9.58 Å². The minimum atomic E-state index is -0.349. The van der Waals surface area contributed by atoms with E-state index < -0.39 is 0 Å². The van der Waals surface area contributed by atoms with Gasteiger partial charge >= 0.3 is 0 Å². The molecule has 0 bridgehead atoms. The first-order chi connectivity index (χ1) is 13.2. The molecule has 3 heterocycles. The second kappa shape index (κ2) is 8.20. The van der Waals surface area contributed by atoms with Crippen LogP contribution >= 0.6 is 0 Å². The summed E-state index contributed by atoms with van der Waals surface area (Å²) in [4.78, 5) is 17.3. The van der Waals surface area contributed by atoms with Gasteiger partial charge in [-0.2, -0.15) is 0 Å². The fourth-order valence-electron chi connectivity index (χ4n) is 4.39. The third-order valence-corrected chi connectivity index (χ3v) is 6.06. The van der Waals surface area contributed by atoms with E-state index in [1.165, 1.54) is 12.8 Å². The summed E-state index contributed by atoms with van der Waals surface area (Å²) < 4.78 is 12.7. The van der Waals surface area contributed by atoms with Gasteiger partial charge < -0.3 is 14.4 Å². The molecule has 2 aliphatic heterocycles. The molecule has 1 aromatic rings. The monoisotopic (exact) mass is 378 g/mol. The molecule has 150 valence electrons. The van der Waals surface area contributed by atoms with Crippen LogP contribution in [0.5, 0.6) is 0 Å². The van der Waals surface area contributed by atoms with Crippen LogP contribution in [0.25, 0.3) is 0 Å². The highest BCUT2D eigenvalue weighted by atomic mass is 16.5. The topological polar surface area (TPSA) is 85.6 Å². The molecule has 1 atom stereocenters. The lowest BCUT2D eigenvalue weighted by Gasteiger charge is -2.49. The zero-order chi connectivity index (χ0) is 18.7. The summed E-state index contributed by atoms with van der Waals surface area (Å²) in [6.07, 6.45) is 5.00. The molecular weight excluding hydrogens is 348 g/mol. The van der Waals surface area contributed by atoms with E-state index in [1.54, 1.807) is 7.11 Å². The number of morpholine rings is 1. The highest BCUT2D eigenvalue weighted by molar-refractivity contribution is 5.77. The number of aromatic nitrogens is 4. The molecule has 0 N–H and O–H groups in total. The van der Waals surface area contributed by atoms with Gasteiger partial charge in [-0.1, -0.05) is 0 Å². The third kappa shape index (κ3) is 4.00. The number of nitrogens with zero attached hydrogens (tertiary/aromatic N) is 6. The summed E-state index contributed by atoms with van der Waals surface area (Å²) in [5.74, 6) is 1.74. The van der Waals surface area contributed by atoms with Gasteiger partial charge in [0.1, 0.15) is 5.54 Å². The predicted octanol–water partition coefficient (Wildman–Crippen LogP) is 0.270. The first kappa shape index (κ1) is 18.8. The Morgan fingerprint density at radius 2 is 2.11 bits per heavy atom. The van der Waals surface area contributed by atoms with Gasteiger partial charge in [0.2, 0.25) is 5.91 Å². The number of likely N-dealkylation sites (tertiary alicyclic amines) is 1. The Hall–Kier alpha value is -1.58. The second-order valence-corrected chi connectivity index (χ2v) is 7.92. The quantitative estimate of drug-likeness (QED) is 0.673. The van der Waals surface area contributed by atoms with Crippen LogP contribution in [0, 0.1) is 5.92 Å². The molecule has 27 heavy (non-hydrogen) atoms. The maximum atomic E-state index is 12.8. The Labute approximate surface area is 160 Å². The Kier molecular flexibility index (Phi) is 5.70. The summed E-state index contributed by atoms with van der Waals surface area (Å²) >= 11 is 0. The number of amides is 1. The average Bonchev–Trinajstić information content (AvgIpc) is 3.40. The van der Waals surface area contributed by atoms with E-state index in [4.69, 9.17) is 9.47 Å². The lowest BCUT2D eigenvalue weighted by molar-refractivity contribution is -0.138. The fraction of sp³-hybridized carbons (Fsp3) is 0.889. The van der Waals surface area contributed by atoms with E-state index in [0.29, 0.717) is 45.2 Å². The van der Waals surface area contributed by atoms with E-state index in [2.05, 4.69) is 20.4 Å². The molecule has 3 aliphatic rings. The van der Waals surface area contributed by atoms with E-state index in [9.17, 15) is 4.79 Å². The van der Waals surface area contributed by atoms with Crippen molar-refractivity contribution >= 4 is 5.91 Å². The number of methoxy groups -OCH3 is 1. The van der Waals surface area contributed by atoms with Gasteiger partial charge in [0.15, 0.2) is 5.82 Å². The van der Waals surface area contributed by atoms with Crippen molar-refractivity contribution in [2.75, 3.05) is 53.1 Å². The van der Waals surface area contributed by atoms with E-state index in [-0.39, 0.29) is 11.4 Å². The predicted molar refractivity (Wildman–Crippen MR) is 96.9 cm³/mol. The maximum absolute atomic E-state index is 12.8. The molecule has 9 nitrogen and oxygen atoms in total. The van der Waals surface area contributed by atoms with Crippen LogP contribution in [0.2, 0.25) is 0 Å². The number of tetrazole rings is 1. The van der Waals surface area contributed by atoms with Gasteiger partial charge in [0.25, 0.3) is 0 Å². The van der Waals surface area contributed by atoms with Crippen LogP contribution < -0.4 is 0 Å². The van der Waals surface area contributed by atoms with Crippen LogP contribution in [0.4, 0.5) is 0 Å². The number of rotatable bonds is 7. The van der Waals surface area contributed by atoms with Crippen molar-refractivity contribution in [3.63, 3.8) is 0 Å². The van der Waals surface area contributed by atoms with Crippen LogP contribution in [0.1, 0.15) is 37.9 Å². The number of ether oxygens (including phenoxy) is 2. The number of hydrogen-bond donors (Lipinski definition) is 0. The second-order valence-electron chi connectivity index (χ2n) is 7.92. The molecule has 1 aromatic heterocycles. The SMILES string of the molecule is COCCn1nnnc1C1(N2CCOCC2)CCCN(C(=O)CC2CC2)C1. The van der Waals surface area contributed by atoms with Crippen molar-refractivity contribution < 1.29 is 14.3 Å². The standard InChI is InChI=1S/C18H30N6O3/c1-26-10-9-24-17(19-20-21-24)18(23-7-11-27-12-8-23)5-2-6-22(14-18)16(25)13-15-3-4-15/h15H,2-14H2,1H3. The van der Waals surface area contributed by atoms with Gasteiger partial charge in [0.05, 0.1) is 26.4 Å². The van der Waals surface area contributed by atoms with Crippen LogP contribution in [-0.2, 0) is 26.4 Å². The molecule has 1 unspecified atom stereocenters. The number of carbonyl (C=O) groups excluding carboxylic acids is 1. The summed E-state index contributed by atoms with van der Waals surface area (Å²) in [7, 11) is 1.68. The Balaban J connectivity index is 1.61. The van der Waals surface area contributed by atoms with Crippen LogP contribution in [0.3, 0.4) is 0 Å². The molecular formula is C18H30N6O3. The molecule has 0 aromatic carbocycles. The summed E-state index contributed by atoms with van der Waals surface area (Å²) in [6, 6.07) is 0. The zero-order valence-corrected chi connectivity index (χ0v) is 16.2. The van der Waals surface area contributed by atoms with Gasteiger partial charge in [-0.05, 0) is 42.0 Å². The lowest BCUT2D eigenvalue weighted by atomic mass is 9.85. The van der Waals surface area contributed by atoms with Crippen molar-refractivity contribution in [1.29, 1.82) is 0 Å². The molecule has 2 saturated heterocycles. The van der Waals surface area contributed by atoms with E-state index >= 15 is 0 Å².